The van der Waals surface area contributed by atoms with Gasteiger partial charge in [-0.05, 0) is 36.4 Å². The van der Waals surface area contributed by atoms with E-state index in [2.05, 4.69) is 20.6 Å². The monoisotopic (exact) mass is 396 g/mol. The molecule has 4 aromatic rings. The van der Waals surface area contributed by atoms with Gasteiger partial charge in [0, 0.05) is 36.0 Å². The molecule has 0 bridgehead atoms. The van der Waals surface area contributed by atoms with Crippen LogP contribution >= 0.6 is 0 Å². The van der Waals surface area contributed by atoms with Gasteiger partial charge in [-0.15, -0.1) is 0 Å². The van der Waals surface area contributed by atoms with Crippen LogP contribution in [0.3, 0.4) is 0 Å². The lowest BCUT2D eigenvalue weighted by Crippen LogP contribution is -2.05. The van der Waals surface area contributed by atoms with Crippen molar-refractivity contribution in [2.45, 2.75) is 6.92 Å². The number of aromatic nitrogens is 2. The smallest absolute Gasteiger partial charge is 0.221 e. The molecule has 1 heterocycles. The van der Waals surface area contributed by atoms with Gasteiger partial charge in [0.25, 0.3) is 0 Å². The molecule has 0 aliphatic rings. The van der Waals surface area contributed by atoms with Gasteiger partial charge in [-0.1, -0.05) is 6.07 Å². The molecule has 0 saturated heterocycles. The number of H-pyrrole nitrogens is 1. The minimum absolute atomic E-state index is 0.181. The van der Waals surface area contributed by atoms with E-state index in [4.69, 9.17) is 0 Å². The van der Waals surface area contributed by atoms with Crippen molar-refractivity contribution in [3.8, 4) is 11.4 Å². The maximum atomic E-state index is 14.3. The fourth-order valence-electron chi connectivity index (χ4n) is 2.94. The molecule has 0 unspecified atom stereocenters. The molecule has 0 saturated carbocycles. The largest absolute Gasteiger partial charge is 0.353 e. The van der Waals surface area contributed by atoms with Crippen molar-refractivity contribution in [1.82, 2.24) is 9.97 Å². The Morgan fingerprint density at radius 2 is 1.69 bits per heavy atom. The Morgan fingerprint density at radius 1 is 0.931 bits per heavy atom. The number of halogens is 3. The molecule has 146 valence electrons. The van der Waals surface area contributed by atoms with Gasteiger partial charge in [0.1, 0.15) is 11.6 Å². The topological polar surface area (TPSA) is 69.8 Å². The average Bonchev–Trinajstić information content (AvgIpc) is 3.06. The maximum Gasteiger partial charge on any atom is 0.221 e. The summed E-state index contributed by atoms with van der Waals surface area (Å²) in [4.78, 5) is 18.4. The minimum atomic E-state index is -0.990. The first-order chi connectivity index (χ1) is 13.9. The lowest BCUT2D eigenvalue weighted by molar-refractivity contribution is -0.114. The molecular formula is C21H15F3N4O. The van der Waals surface area contributed by atoms with E-state index in [-0.39, 0.29) is 17.1 Å². The fraction of sp³-hybridized carbons (Fsp3) is 0.0476. The molecule has 0 aliphatic heterocycles. The quantitative estimate of drug-likeness (QED) is 0.436. The molecule has 4 rings (SSSR count). The lowest BCUT2D eigenvalue weighted by Gasteiger charge is -2.11. The maximum absolute atomic E-state index is 14.3. The Morgan fingerprint density at radius 3 is 2.48 bits per heavy atom. The van der Waals surface area contributed by atoms with E-state index in [1.807, 2.05) is 0 Å². The lowest BCUT2D eigenvalue weighted by atomic mass is 10.1. The summed E-state index contributed by atoms with van der Waals surface area (Å²) in [5, 5.41) is 5.62. The number of aromatic amines is 1. The normalized spacial score (nSPS) is 10.9. The second kappa shape index (κ2) is 7.31. The zero-order chi connectivity index (χ0) is 20.5. The van der Waals surface area contributed by atoms with Crippen LogP contribution in [-0.4, -0.2) is 15.9 Å². The Hall–Kier alpha value is -3.81. The van der Waals surface area contributed by atoms with Gasteiger partial charge in [-0.3, -0.25) is 4.79 Å². The number of carbonyl (C=O) groups excluding carboxylic acids is 1. The van der Waals surface area contributed by atoms with Gasteiger partial charge in [0.05, 0.1) is 16.7 Å². The summed E-state index contributed by atoms with van der Waals surface area (Å²) in [6.45, 7) is 1.40. The highest BCUT2D eigenvalue weighted by atomic mass is 19.2. The van der Waals surface area contributed by atoms with Gasteiger partial charge < -0.3 is 15.6 Å². The van der Waals surface area contributed by atoms with Crippen molar-refractivity contribution < 1.29 is 18.0 Å². The first kappa shape index (κ1) is 18.5. The number of hydrogen-bond acceptors (Lipinski definition) is 3. The number of carbonyl (C=O) groups is 1. The summed E-state index contributed by atoms with van der Waals surface area (Å²) >= 11 is 0. The Kier molecular flexibility index (Phi) is 4.67. The van der Waals surface area contributed by atoms with Gasteiger partial charge in [-0.2, -0.15) is 0 Å². The second-order valence-electron chi connectivity index (χ2n) is 6.45. The molecule has 0 spiro atoms. The fourth-order valence-corrected chi connectivity index (χ4v) is 2.94. The number of imidazole rings is 1. The summed E-state index contributed by atoms with van der Waals surface area (Å²) in [7, 11) is 0. The highest BCUT2D eigenvalue weighted by Gasteiger charge is 2.12. The van der Waals surface area contributed by atoms with E-state index < -0.39 is 17.5 Å². The van der Waals surface area contributed by atoms with Crippen molar-refractivity contribution >= 4 is 34.0 Å². The van der Waals surface area contributed by atoms with E-state index in [0.717, 1.165) is 12.1 Å². The zero-order valence-electron chi connectivity index (χ0n) is 15.2. The van der Waals surface area contributed by atoms with Crippen molar-refractivity contribution in [1.29, 1.82) is 0 Å². The molecule has 0 aliphatic carbocycles. The molecule has 0 radical (unpaired) electrons. The third-order valence-electron chi connectivity index (χ3n) is 4.23. The van der Waals surface area contributed by atoms with E-state index in [0.29, 0.717) is 28.3 Å². The number of rotatable bonds is 4. The molecule has 1 amide bonds. The highest BCUT2D eigenvalue weighted by molar-refractivity contribution is 5.89. The summed E-state index contributed by atoms with van der Waals surface area (Å²) < 4.78 is 41.2. The van der Waals surface area contributed by atoms with Crippen LogP contribution in [0.5, 0.6) is 0 Å². The molecule has 0 fully saturated rings. The van der Waals surface area contributed by atoms with Crippen LogP contribution in [0.1, 0.15) is 6.92 Å². The van der Waals surface area contributed by atoms with Crippen molar-refractivity contribution in [2.24, 2.45) is 0 Å². The summed E-state index contributed by atoms with van der Waals surface area (Å²) in [5.41, 5.74) is 2.45. The Labute approximate surface area is 163 Å². The number of nitrogens with zero attached hydrogens (tertiary/aromatic N) is 1. The van der Waals surface area contributed by atoms with Crippen molar-refractivity contribution in [3.63, 3.8) is 0 Å². The predicted octanol–water partition coefficient (Wildman–Crippen LogP) is 5.35. The van der Waals surface area contributed by atoms with Crippen molar-refractivity contribution in [3.05, 3.63) is 72.0 Å². The third-order valence-corrected chi connectivity index (χ3v) is 4.23. The van der Waals surface area contributed by atoms with Crippen LogP contribution in [0.25, 0.3) is 22.4 Å². The van der Waals surface area contributed by atoms with Crippen molar-refractivity contribution in [2.75, 3.05) is 10.6 Å². The molecule has 8 heteroatoms. The van der Waals surface area contributed by atoms with Crippen LogP contribution in [-0.2, 0) is 4.79 Å². The van der Waals surface area contributed by atoms with Gasteiger partial charge in [0.15, 0.2) is 11.6 Å². The van der Waals surface area contributed by atoms with Crippen LogP contribution in [0.4, 0.5) is 30.2 Å². The molecule has 3 aromatic carbocycles. The standard InChI is InChI=1S/C21H15F3N4O/c1-11(29)25-13-3-2-4-14(8-13)26-18-7-12(5-6-15(18)22)21-27-19-9-16(23)17(24)10-20(19)28-21/h2-10,26H,1H3,(H,25,29)(H,27,28). The Bertz CT molecular complexity index is 1200. The summed E-state index contributed by atoms with van der Waals surface area (Å²) in [6.07, 6.45) is 0. The third kappa shape index (κ3) is 3.91. The molecule has 29 heavy (non-hydrogen) atoms. The average molecular weight is 396 g/mol. The molecule has 0 atom stereocenters. The number of nitrogens with one attached hydrogen (secondary N) is 3. The zero-order valence-corrected chi connectivity index (χ0v) is 15.2. The number of amides is 1. The second-order valence-corrected chi connectivity index (χ2v) is 6.45. The molecule has 3 N–H and O–H groups in total. The van der Waals surface area contributed by atoms with Gasteiger partial charge in [0.2, 0.25) is 5.91 Å². The van der Waals surface area contributed by atoms with E-state index >= 15 is 0 Å². The van der Waals surface area contributed by atoms with Gasteiger partial charge in [-0.25, -0.2) is 18.2 Å². The Balaban J connectivity index is 1.67. The minimum Gasteiger partial charge on any atom is -0.353 e. The number of anilines is 3. The van der Waals surface area contributed by atoms with E-state index in [1.54, 1.807) is 24.3 Å². The summed E-state index contributed by atoms with van der Waals surface area (Å²) in [6, 6.07) is 13.2. The van der Waals surface area contributed by atoms with E-state index in [1.165, 1.54) is 25.1 Å². The number of benzene rings is 3. The molecule has 1 aromatic heterocycles. The first-order valence-electron chi connectivity index (χ1n) is 8.68. The molecule has 5 nitrogen and oxygen atoms in total. The molecular weight excluding hydrogens is 381 g/mol. The highest BCUT2D eigenvalue weighted by Crippen LogP contribution is 2.28. The van der Waals surface area contributed by atoms with Crippen LogP contribution < -0.4 is 10.6 Å². The predicted molar refractivity (Wildman–Crippen MR) is 105 cm³/mol. The first-order valence-corrected chi connectivity index (χ1v) is 8.68. The van der Waals surface area contributed by atoms with E-state index in [9.17, 15) is 18.0 Å². The van der Waals surface area contributed by atoms with Crippen LogP contribution in [0.2, 0.25) is 0 Å². The number of hydrogen-bond donors (Lipinski definition) is 3. The number of fused-ring (bicyclic) bond motifs is 1. The summed E-state index contributed by atoms with van der Waals surface area (Å²) in [5.74, 6) is -2.33. The van der Waals surface area contributed by atoms with Crippen LogP contribution in [0.15, 0.2) is 54.6 Å². The SMILES string of the molecule is CC(=O)Nc1cccc(Nc2cc(-c3nc4cc(F)c(F)cc4[nH]3)ccc2F)c1. The van der Waals surface area contributed by atoms with Gasteiger partial charge >= 0.3 is 0 Å². The van der Waals surface area contributed by atoms with Crippen LogP contribution in [0, 0.1) is 17.5 Å².